The third-order valence-electron chi connectivity index (χ3n) is 9.05. The molecule has 0 radical (unpaired) electrons. The number of oxazole rings is 1. The van der Waals surface area contributed by atoms with Crippen LogP contribution in [0.5, 0.6) is 5.75 Å². The summed E-state index contributed by atoms with van der Waals surface area (Å²) in [5.41, 5.74) is 8.15. The van der Waals surface area contributed by atoms with E-state index < -0.39 is 15.8 Å². The number of nitrogens with two attached hydrogens (primary N) is 1. The maximum absolute atomic E-state index is 13.8. The zero-order chi connectivity index (χ0) is 29.7. The molecule has 42 heavy (non-hydrogen) atoms. The van der Waals surface area contributed by atoms with E-state index in [1.165, 1.54) is 18.2 Å². The van der Waals surface area contributed by atoms with Gasteiger partial charge in [-0.3, -0.25) is 10.3 Å². The van der Waals surface area contributed by atoms with Crippen LogP contribution in [-0.2, 0) is 31.3 Å². The zero-order valence-corrected chi connectivity index (χ0v) is 24.4. The monoisotopic (exact) mass is 617 g/mol. The van der Waals surface area contributed by atoms with E-state index in [4.69, 9.17) is 20.1 Å². The Kier molecular flexibility index (Phi) is 6.06. The number of rotatable bonds is 6. The predicted octanol–water partition coefficient (Wildman–Crippen LogP) is 3.11. The van der Waals surface area contributed by atoms with Crippen LogP contribution in [0.3, 0.4) is 0 Å². The molecule has 4 aliphatic rings. The van der Waals surface area contributed by atoms with Crippen LogP contribution in [0, 0.1) is 0 Å². The number of allylic oxidation sites excluding steroid dienone is 2. The van der Waals surface area contributed by atoms with Gasteiger partial charge in [0.1, 0.15) is 11.9 Å². The quantitative estimate of drug-likeness (QED) is 0.0709. The number of aryl methyl sites for hydroxylation is 1. The summed E-state index contributed by atoms with van der Waals surface area (Å²) >= 11 is 0.846. The molecular formula is C27H29N4O9S2+3. The second-order valence-corrected chi connectivity index (χ2v) is 13.4. The van der Waals surface area contributed by atoms with E-state index in [1.54, 1.807) is 12.1 Å². The Morgan fingerprint density at radius 3 is 2.74 bits per heavy atom. The number of fused-ring (bicyclic) bond motifs is 5. The van der Waals surface area contributed by atoms with Crippen molar-refractivity contribution in [3.63, 3.8) is 0 Å². The lowest BCUT2D eigenvalue weighted by molar-refractivity contribution is -0.684. The van der Waals surface area contributed by atoms with E-state index in [-0.39, 0.29) is 25.9 Å². The summed E-state index contributed by atoms with van der Waals surface area (Å²) < 4.78 is 53.2. The summed E-state index contributed by atoms with van der Waals surface area (Å²) in [7, 11) is -2.65. The number of carbonyl (C=O) groups excluding carboxylic acids is 1. The standard InChI is InChI=1S/C27H27N4O9S2/c1-16(11-24-29(2)19-13-17(41-40-39-33)5-7-21(19)37-24)12-25-30(20-14-18(42(34,35)36)6-8-22(20)38-25)10-4-3-9-27(30)26(32)31(27)15-23(31)28/h5-8,11-14,23H,3-4,9-10,15,28H2,1-2H3/q+1/p+2. The van der Waals surface area contributed by atoms with Crippen molar-refractivity contribution in [3.8, 4) is 5.75 Å². The normalized spacial score (nSPS) is 31.0. The Hall–Kier alpha value is -3.12. The largest absolute Gasteiger partial charge is 0.443 e. The highest BCUT2D eigenvalue weighted by atomic mass is 32.2. The minimum absolute atomic E-state index is 0.0170. The molecular weight excluding hydrogens is 588 g/mol. The smallest absolute Gasteiger partial charge is 0.406 e. The van der Waals surface area contributed by atoms with Crippen molar-refractivity contribution >= 4 is 50.9 Å². The first-order chi connectivity index (χ1) is 20.0. The lowest BCUT2D eigenvalue weighted by atomic mass is 9.96. The topological polar surface area (TPSA) is 162 Å². The fraction of sp³-hybridized carbons (Fsp3) is 0.333. The third kappa shape index (κ3) is 3.60. The molecule has 2 aromatic carbocycles. The van der Waals surface area contributed by atoms with Gasteiger partial charge in [0.25, 0.3) is 15.6 Å². The molecule has 5 heterocycles. The maximum atomic E-state index is 13.8. The molecule has 1 aromatic heterocycles. The Balaban J connectivity index is 1.35. The molecule has 4 aliphatic heterocycles. The van der Waals surface area contributed by atoms with E-state index in [1.807, 2.05) is 36.8 Å². The van der Waals surface area contributed by atoms with Crippen molar-refractivity contribution in [1.82, 2.24) is 4.48 Å². The van der Waals surface area contributed by atoms with Gasteiger partial charge in [-0.05, 0) is 49.6 Å². The van der Waals surface area contributed by atoms with Gasteiger partial charge in [0.2, 0.25) is 11.7 Å². The Bertz CT molecular complexity index is 1850. The molecule has 4 N–H and O–H groups in total. The molecule has 3 saturated heterocycles. The Labute approximate surface area is 244 Å². The number of benzene rings is 2. The van der Waals surface area contributed by atoms with Crippen LogP contribution in [0.25, 0.3) is 17.2 Å². The van der Waals surface area contributed by atoms with E-state index >= 15 is 0 Å². The lowest BCUT2D eigenvalue weighted by Crippen LogP contribution is -2.63. The van der Waals surface area contributed by atoms with Crippen LogP contribution in [0.1, 0.15) is 32.1 Å². The number of hydrogen-bond donors (Lipinski definition) is 3. The van der Waals surface area contributed by atoms with Crippen molar-refractivity contribution in [1.29, 1.82) is 0 Å². The second kappa shape index (κ2) is 9.19. The molecule has 0 aliphatic carbocycles. The number of aromatic nitrogens is 1. The second-order valence-electron chi connectivity index (χ2n) is 11.2. The van der Waals surface area contributed by atoms with Crippen LogP contribution in [0.15, 0.2) is 68.1 Å². The molecule has 7 rings (SSSR count). The highest BCUT2D eigenvalue weighted by molar-refractivity contribution is 7.94. The van der Waals surface area contributed by atoms with Crippen molar-refractivity contribution in [2.24, 2.45) is 12.8 Å². The molecule has 3 spiro atoms. The number of ether oxygens (including phenoxy) is 1. The minimum Gasteiger partial charge on any atom is -0.406 e. The van der Waals surface area contributed by atoms with Gasteiger partial charge in [-0.1, -0.05) is 5.04 Å². The Morgan fingerprint density at radius 2 is 2.05 bits per heavy atom. The van der Waals surface area contributed by atoms with Gasteiger partial charge in [0.05, 0.1) is 31.1 Å². The van der Waals surface area contributed by atoms with E-state index in [0.29, 0.717) is 53.2 Å². The summed E-state index contributed by atoms with van der Waals surface area (Å²) in [6, 6.07) is 9.61. The first-order valence-corrected chi connectivity index (χ1v) is 15.5. The minimum atomic E-state index is -4.50. The molecule has 0 bridgehead atoms. The van der Waals surface area contributed by atoms with Gasteiger partial charge in [-0.25, -0.2) is 10.1 Å². The van der Waals surface area contributed by atoms with Crippen LogP contribution in [0.2, 0.25) is 0 Å². The Morgan fingerprint density at radius 1 is 1.26 bits per heavy atom. The first-order valence-electron chi connectivity index (χ1n) is 13.3. The van der Waals surface area contributed by atoms with Crippen molar-refractivity contribution in [2.75, 3.05) is 13.1 Å². The van der Waals surface area contributed by atoms with E-state index in [9.17, 15) is 17.8 Å². The number of quaternary nitrogens is 2. The van der Waals surface area contributed by atoms with Gasteiger partial charge in [-0.15, -0.1) is 4.33 Å². The lowest BCUT2D eigenvalue weighted by Gasteiger charge is -2.38. The highest BCUT2D eigenvalue weighted by Gasteiger charge is 3.02. The molecule has 4 unspecified atom stereocenters. The number of hydrogen-bond acceptors (Lipinski definition) is 10. The molecule has 3 fully saturated rings. The summed E-state index contributed by atoms with van der Waals surface area (Å²) in [5.74, 6) is 1.50. The summed E-state index contributed by atoms with van der Waals surface area (Å²) in [6.45, 7) is 2.93. The van der Waals surface area contributed by atoms with Gasteiger partial charge in [-0.2, -0.15) is 22.0 Å². The van der Waals surface area contributed by atoms with Crippen molar-refractivity contribution < 1.29 is 50.6 Å². The molecule has 4 atom stereocenters. The predicted molar refractivity (Wildman–Crippen MR) is 148 cm³/mol. The number of nitrogens with zero attached hydrogens (tertiary/aromatic N) is 3. The average Bonchev–Trinajstić information content (AvgIpc) is 3.66. The van der Waals surface area contributed by atoms with Crippen LogP contribution < -0.4 is 19.5 Å². The molecule has 13 nitrogen and oxygen atoms in total. The average molecular weight is 618 g/mol. The summed E-state index contributed by atoms with van der Waals surface area (Å²) in [5, 5.41) is 12.1. The van der Waals surface area contributed by atoms with Crippen molar-refractivity contribution in [3.05, 3.63) is 59.8 Å². The number of carbonyl (C=O) groups is 1. The molecule has 3 aromatic rings. The summed E-state index contributed by atoms with van der Waals surface area (Å²) in [6.07, 6.45) is 5.59. The van der Waals surface area contributed by atoms with Crippen LogP contribution in [0.4, 0.5) is 5.69 Å². The maximum Gasteiger partial charge on any atom is 0.443 e. The number of amides is 1. The molecule has 0 saturated carbocycles. The fourth-order valence-corrected chi connectivity index (χ4v) is 8.01. The van der Waals surface area contributed by atoms with Crippen molar-refractivity contribution in [2.45, 2.75) is 47.8 Å². The molecule has 1 amide bonds. The summed E-state index contributed by atoms with van der Waals surface area (Å²) in [4.78, 5) is 14.2. The van der Waals surface area contributed by atoms with Gasteiger partial charge >= 0.3 is 23.3 Å². The van der Waals surface area contributed by atoms with Gasteiger partial charge < -0.3 is 9.15 Å². The highest BCUT2D eigenvalue weighted by Crippen LogP contribution is 2.69. The first kappa shape index (κ1) is 27.7. The SMILES string of the molecule is CC(=Cc1oc2ccc(SOOO)cc2[n+]1C)C=C1Oc2ccc(S(=O)(=O)O)cc2[N+]12CCCCC21C(=O)[N+]12CC2N. The fourth-order valence-electron chi connectivity index (χ4n) is 7.12. The molecule has 15 heteroatoms. The third-order valence-corrected chi connectivity index (χ3v) is 10.5. The number of piperidine rings is 1. The zero-order valence-electron chi connectivity index (χ0n) is 22.7. The molecule has 220 valence electrons. The van der Waals surface area contributed by atoms with E-state index in [2.05, 4.69) is 9.37 Å². The van der Waals surface area contributed by atoms with E-state index in [0.717, 1.165) is 36.0 Å². The van der Waals surface area contributed by atoms with Crippen LogP contribution >= 0.6 is 12.0 Å². The van der Waals surface area contributed by atoms with Gasteiger partial charge in [0, 0.05) is 23.1 Å². The van der Waals surface area contributed by atoms with Crippen LogP contribution in [-0.4, -0.2) is 53.5 Å². The van der Waals surface area contributed by atoms with Gasteiger partial charge in [0.15, 0.2) is 18.0 Å².